The summed E-state index contributed by atoms with van der Waals surface area (Å²) in [5.41, 5.74) is 1.04. The molecule has 0 bridgehead atoms. The summed E-state index contributed by atoms with van der Waals surface area (Å²) < 4.78 is 4.61. The van der Waals surface area contributed by atoms with Crippen molar-refractivity contribution < 1.29 is 14.3 Å². The van der Waals surface area contributed by atoms with E-state index in [0.717, 1.165) is 0 Å². The van der Waals surface area contributed by atoms with Crippen LogP contribution in [-0.2, 0) is 16.0 Å². The fourth-order valence-corrected chi connectivity index (χ4v) is 1.55. The van der Waals surface area contributed by atoms with Crippen LogP contribution in [0.25, 0.3) is 0 Å². The van der Waals surface area contributed by atoms with Gasteiger partial charge in [0.25, 0.3) is 0 Å². The number of esters is 1. The highest BCUT2D eigenvalue weighted by molar-refractivity contribution is 5.89. The molecule has 0 N–H and O–H groups in total. The van der Waals surface area contributed by atoms with Crippen molar-refractivity contribution in [2.24, 2.45) is 5.92 Å². The highest BCUT2D eigenvalue weighted by Gasteiger charge is 2.10. The molecule has 4 heteroatoms. The standard InChI is InChI=1S/C13H17NO3/c1-9(2)6-12(15)8-11-7-10(4-5-14-11)13(16)17-3/h4-5,7,9H,6,8H2,1-3H3. The van der Waals surface area contributed by atoms with E-state index < -0.39 is 5.97 Å². The molecule has 1 rings (SSSR count). The molecule has 0 radical (unpaired) electrons. The van der Waals surface area contributed by atoms with Gasteiger partial charge < -0.3 is 4.74 Å². The monoisotopic (exact) mass is 235 g/mol. The van der Waals surface area contributed by atoms with Gasteiger partial charge in [-0.2, -0.15) is 0 Å². The van der Waals surface area contributed by atoms with Gasteiger partial charge in [0.15, 0.2) is 0 Å². The van der Waals surface area contributed by atoms with Crippen LogP contribution in [0.3, 0.4) is 0 Å². The fourth-order valence-electron chi connectivity index (χ4n) is 1.55. The van der Waals surface area contributed by atoms with Gasteiger partial charge in [-0.3, -0.25) is 9.78 Å². The van der Waals surface area contributed by atoms with Crippen LogP contribution in [0, 0.1) is 5.92 Å². The highest BCUT2D eigenvalue weighted by atomic mass is 16.5. The number of nitrogens with zero attached hydrogens (tertiary/aromatic N) is 1. The maximum atomic E-state index is 11.6. The van der Waals surface area contributed by atoms with Crippen molar-refractivity contribution in [1.82, 2.24) is 4.98 Å². The van der Waals surface area contributed by atoms with Gasteiger partial charge in [-0.1, -0.05) is 13.8 Å². The SMILES string of the molecule is COC(=O)c1ccnc(CC(=O)CC(C)C)c1. The number of carbonyl (C=O) groups excluding carboxylic acids is 2. The number of carbonyl (C=O) groups is 2. The van der Waals surface area contributed by atoms with E-state index in [4.69, 9.17) is 0 Å². The minimum atomic E-state index is -0.412. The Morgan fingerprint density at radius 3 is 2.71 bits per heavy atom. The summed E-state index contributed by atoms with van der Waals surface area (Å²) in [7, 11) is 1.33. The second-order valence-corrected chi connectivity index (χ2v) is 4.34. The molecular formula is C13H17NO3. The van der Waals surface area contributed by atoms with Gasteiger partial charge in [-0.25, -0.2) is 4.79 Å². The average molecular weight is 235 g/mol. The predicted octanol–water partition coefficient (Wildman–Crippen LogP) is 2.03. The summed E-state index contributed by atoms with van der Waals surface area (Å²) in [5.74, 6) is 0.0609. The number of pyridine rings is 1. The van der Waals surface area contributed by atoms with Gasteiger partial charge in [-0.15, -0.1) is 0 Å². The normalized spacial score (nSPS) is 10.4. The van der Waals surface area contributed by atoms with Crippen molar-refractivity contribution >= 4 is 11.8 Å². The van der Waals surface area contributed by atoms with E-state index >= 15 is 0 Å². The Hall–Kier alpha value is -1.71. The Morgan fingerprint density at radius 1 is 1.41 bits per heavy atom. The molecule has 0 saturated carbocycles. The first-order valence-corrected chi connectivity index (χ1v) is 5.58. The Bertz CT molecular complexity index is 413. The number of methoxy groups -OCH3 is 1. The smallest absolute Gasteiger partial charge is 0.337 e. The van der Waals surface area contributed by atoms with E-state index in [1.165, 1.54) is 13.3 Å². The number of ketones is 1. The lowest BCUT2D eigenvalue weighted by Gasteiger charge is -2.04. The highest BCUT2D eigenvalue weighted by Crippen LogP contribution is 2.08. The maximum Gasteiger partial charge on any atom is 0.337 e. The zero-order chi connectivity index (χ0) is 12.8. The lowest BCUT2D eigenvalue weighted by Crippen LogP contribution is -2.09. The minimum absolute atomic E-state index is 0.134. The van der Waals surface area contributed by atoms with E-state index in [1.54, 1.807) is 12.1 Å². The zero-order valence-corrected chi connectivity index (χ0v) is 10.4. The van der Waals surface area contributed by atoms with Crippen LogP contribution in [0.2, 0.25) is 0 Å². The van der Waals surface area contributed by atoms with E-state index in [0.29, 0.717) is 23.6 Å². The predicted molar refractivity (Wildman–Crippen MR) is 63.7 cm³/mol. The second-order valence-electron chi connectivity index (χ2n) is 4.34. The third kappa shape index (κ3) is 4.34. The Morgan fingerprint density at radius 2 is 2.12 bits per heavy atom. The van der Waals surface area contributed by atoms with E-state index in [-0.39, 0.29) is 12.2 Å². The van der Waals surface area contributed by atoms with Crippen molar-refractivity contribution in [3.8, 4) is 0 Å². The number of aromatic nitrogens is 1. The topological polar surface area (TPSA) is 56.3 Å². The van der Waals surface area contributed by atoms with Gasteiger partial charge in [0.1, 0.15) is 5.78 Å². The summed E-state index contributed by atoms with van der Waals surface area (Å²) in [6.07, 6.45) is 2.32. The lowest BCUT2D eigenvalue weighted by molar-refractivity contribution is -0.119. The molecule has 0 aliphatic rings. The minimum Gasteiger partial charge on any atom is -0.465 e. The molecule has 92 valence electrons. The summed E-state index contributed by atoms with van der Waals surface area (Å²) >= 11 is 0. The van der Waals surface area contributed by atoms with Crippen LogP contribution < -0.4 is 0 Å². The molecular weight excluding hydrogens is 218 g/mol. The number of ether oxygens (including phenoxy) is 1. The molecule has 0 amide bonds. The first-order valence-electron chi connectivity index (χ1n) is 5.58. The largest absolute Gasteiger partial charge is 0.465 e. The van der Waals surface area contributed by atoms with Crippen LogP contribution in [0.1, 0.15) is 36.3 Å². The summed E-state index contributed by atoms with van der Waals surface area (Å²) in [6.45, 7) is 3.99. The summed E-state index contributed by atoms with van der Waals surface area (Å²) in [5, 5.41) is 0. The first kappa shape index (κ1) is 13.4. The van der Waals surface area contributed by atoms with Crippen LogP contribution in [0.15, 0.2) is 18.3 Å². The molecule has 17 heavy (non-hydrogen) atoms. The number of rotatable bonds is 5. The maximum absolute atomic E-state index is 11.6. The molecule has 1 heterocycles. The molecule has 0 aromatic carbocycles. The first-order chi connectivity index (χ1) is 8.02. The molecule has 0 aliphatic carbocycles. The Labute approximate surface area is 101 Å². The molecule has 4 nitrogen and oxygen atoms in total. The van der Waals surface area contributed by atoms with Gasteiger partial charge >= 0.3 is 5.97 Å². The van der Waals surface area contributed by atoms with Crippen LogP contribution >= 0.6 is 0 Å². The van der Waals surface area contributed by atoms with Crippen molar-refractivity contribution in [1.29, 1.82) is 0 Å². The van der Waals surface area contributed by atoms with Gasteiger partial charge in [0, 0.05) is 24.7 Å². The van der Waals surface area contributed by atoms with Crippen molar-refractivity contribution in [2.45, 2.75) is 26.7 Å². The average Bonchev–Trinajstić information content (AvgIpc) is 2.27. The van der Waals surface area contributed by atoms with Gasteiger partial charge in [0.2, 0.25) is 0 Å². The van der Waals surface area contributed by atoms with Crippen LogP contribution in [0.4, 0.5) is 0 Å². The zero-order valence-electron chi connectivity index (χ0n) is 10.4. The number of Topliss-reactive ketones (excluding diaryl/α,β-unsaturated/α-hetero) is 1. The van der Waals surface area contributed by atoms with Crippen molar-refractivity contribution in [2.75, 3.05) is 7.11 Å². The summed E-state index contributed by atoms with van der Waals surface area (Å²) in [6, 6.07) is 3.17. The molecule has 0 unspecified atom stereocenters. The van der Waals surface area contributed by atoms with E-state index in [1.807, 2.05) is 13.8 Å². The molecule has 1 aromatic rings. The van der Waals surface area contributed by atoms with Crippen molar-refractivity contribution in [3.63, 3.8) is 0 Å². The lowest BCUT2D eigenvalue weighted by atomic mass is 10.0. The van der Waals surface area contributed by atoms with Crippen LogP contribution in [-0.4, -0.2) is 23.8 Å². The molecule has 0 saturated heterocycles. The fraction of sp³-hybridized carbons (Fsp3) is 0.462. The second kappa shape index (κ2) is 6.13. The summed E-state index contributed by atoms with van der Waals surface area (Å²) in [4.78, 5) is 27.0. The van der Waals surface area contributed by atoms with E-state index in [2.05, 4.69) is 9.72 Å². The number of hydrogen-bond donors (Lipinski definition) is 0. The molecule has 0 fully saturated rings. The molecule has 1 aromatic heterocycles. The molecule has 0 atom stereocenters. The third-order valence-corrected chi connectivity index (χ3v) is 2.25. The van der Waals surface area contributed by atoms with Gasteiger partial charge in [-0.05, 0) is 18.1 Å². The molecule has 0 aliphatic heterocycles. The Balaban J connectivity index is 2.72. The Kier molecular flexibility index (Phi) is 4.82. The van der Waals surface area contributed by atoms with Crippen molar-refractivity contribution in [3.05, 3.63) is 29.6 Å². The molecule has 0 spiro atoms. The van der Waals surface area contributed by atoms with E-state index in [9.17, 15) is 9.59 Å². The number of hydrogen-bond acceptors (Lipinski definition) is 4. The van der Waals surface area contributed by atoms with Crippen LogP contribution in [0.5, 0.6) is 0 Å². The van der Waals surface area contributed by atoms with Gasteiger partial charge in [0.05, 0.1) is 12.7 Å². The quantitative estimate of drug-likeness (QED) is 0.733. The third-order valence-electron chi connectivity index (χ3n) is 2.25.